The molecule has 23 heavy (non-hydrogen) atoms. The highest BCUT2D eigenvalue weighted by molar-refractivity contribution is 9.10. The molecule has 2 rings (SSSR count). The van der Waals surface area contributed by atoms with E-state index >= 15 is 0 Å². The first kappa shape index (κ1) is 18.2. The number of hydrogen-bond donors (Lipinski definition) is 3. The molecule has 0 bridgehead atoms. The fraction of sp³-hybridized carbons (Fsp3) is 0.529. The molecule has 126 valence electrons. The van der Waals surface area contributed by atoms with Crippen molar-refractivity contribution in [3.05, 3.63) is 28.2 Å². The number of anilines is 1. The van der Waals surface area contributed by atoms with E-state index in [9.17, 15) is 4.79 Å². The first-order valence-corrected chi connectivity index (χ1v) is 9.26. The third kappa shape index (κ3) is 5.77. The molecule has 1 aromatic carbocycles. The van der Waals surface area contributed by atoms with Gasteiger partial charge in [0.25, 0.3) is 0 Å². The minimum Gasteiger partial charge on any atom is -0.360 e. The van der Waals surface area contributed by atoms with Crippen LogP contribution in [0.25, 0.3) is 0 Å². The number of rotatable bonds is 4. The molecular formula is C17H24BrN3OS. The summed E-state index contributed by atoms with van der Waals surface area (Å²) in [5, 5.41) is 9.80. The normalized spacial score (nSPS) is 20.7. The monoisotopic (exact) mass is 397 g/mol. The van der Waals surface area contributed by atoms with Crippen molar-refractivity contribution in [2.24, 2.45) is 5.92 Å². The van der Waals surface area contributed by atoms with Crippen molar-refractivity contribution in [1.82, 2.24) is 10.6 Å². The molecule has 0 heterocycles. The molecule has 0 radical (unpaired) electrons. The lowest BCUT2D eigenvalue weighted by Crippen LogP contribution is -2.47. The topological polar surface area (TPSA) is 53.2 Å². The van der Waals surface area contributed by atoms with Crippen molar-refractivity contribution in [2.45, 2.75) is 45.6 Å². The molecule has 1 aliphatic carbocycles. The zero-order valence-electron chi connectivity index (χ0n) is 13.6. The first-order chi connectivity index (χ1) is 11.0. The lowest BCUT2D eigenvalue weighted by atomic mass is 9.86. The van der Waals surface area contributed by atoms with Gasteiger partial charge in [-0.1, -0.05) is 35.7 Å². The SMILES string of the molecule is Cc1cc(Br)ccc1NC(=O)CNC(=S)N[C@H]1CCCC[C@@H]1C. The van der Waals surface area contributed by atoms with Crippen LogP contribution >= 0.6 is 28.1 Å². The number of amides is 1. The maximum Gasteiger partial charge on any atom is 0.243 e. The predicted octanol–water partition coefficient (Wildman–Crippen LogP) is 3.74. The number of aryl methyl sites for hydroxylation is 1. The number of nitrogens with one attached hydrogen (secondary N) is 3. The van der Waals surface area contributed by atoms with Crippen LogP contribution in [-0.4, -0.2) is 23.6 Å². The Kier molecular flexibility index (Phi) is 6.84. The van der Waals surface area contributed by atoms with E-state index < -0.39 is 0 Å². The second-order valence-corrected chi connectivity index (χ2v) is 7.53. The van der Waals surface area contributed by atoms with Crippen molar-refractivity contribution >= 4 is 44.9 Å². The Balaban J connectivity index is 1.76. The molecule has 1 fully saturated rings. The van der Waals surface area contributed by atoms with Gasteiger partial charge in [-0.2, -0.15) is 0 Å². The highest BCUT2D eigenvalue weighted by atomic mass is 79.9. The Bertz CT molecular complexity index is 579. The number of carbonyl (C=O) groups excluding carboxylic acids is 1. The predicted molar refractivity (Wildman–Crippen MR) is 103 cm³/mol. The first-order valence-electron chi connectivity index (χ1n) is 8.06. The minimum atomic E-state index is -0.101. The summed E-state index contributed by atoms with van der Waals surface area (Å²) in [6.07, 6.45) is 4.93. The summed E-state index contributed by atoms with van der Waals surface area (Å²) in [6.45, 7) is 4.38. The molecule has 0 aromatic heterocycles. The lowest BCUT2D eigenvalue weighted by molar-refractivity contribution is -0.115. The van der Waals surface area contributed by atoms with Gasteiger partial charge in [0.2, 0.25) is 5.91 Å². The Morgan fingerprint density at radius 1 is 1.35 bits per heavy atom. The minimum absolute atomic E-state index is 0.101. The molecule has 0 spiro atoms. The summed E-state index contributed by atoms with van der Waals surface area (Å²) in [4.78, 5) is 12.0. The van der Waals surface area contributed by atoms with Crippen LogP contribution in [0.4, 0.5) is 5.69 Å². The van der Waals surface area contributed by atoms with Gasteiger partial charge in [-0.05, 0) is 61.7 Å². The molecule has 1 aromatic rings. The van der Waals surface area contributed by atoms with Crippen molar-refractivity contribution < 1.29 is 4.79 Å². The number of thiocarbonyl (C=S) groups is 1. The fourth-order valence-corrected chi connectivity index (χ4v) is 3.57. The maximum atomic E-state index is 12.0. The average Bonchev–Trinajstić information content (AvgIpc) is 2.50. The number of benzene rings is 1. The van der Waals surface area contributed by atoms with Crippen LogP contribution in [0.2, 0.25) is 0 Å². The van der Waals surface area contributed by atoms with Gasteiger partial charge in [-0.3, -0.25) is 4.79 Å². The molecule has 1 saturated carbocycles. The van der Waals surface area contributed by atoms with Gasteiger partial charge in [0, 0.05) is 16.2 Å². The fourth-order valence-electron chi connectivity index (χ4n) is 2.87. The zero-order chi connectivity index (χ0) is 16.8. The van der Waals surface area contributed by atoms with E-state index in [0.29, 0.717) is 17.1 Å². The van der Waals surface area contributed by atoms with E-state index in [0.717, 1.165) is 22.1 Å². The van der Waals surface area contributed by atoms with E-state index in [4.69, 9.17) is 12.2 Å². The van der Waals surface area contributed by atoms with E-state index in [2.05, 4.69) is 38.8 Å². The quantitative estimate of drug-likeness (QED) is 0.677. The Morgan fingerprint density at radius 2 is 2.09 bits per heavy atom. The van der Waals surface area contributed by atoms with Crippen LogP contribution in [0.3, 0.4) is 0 Å². The molecule has 4 nitrogen and oxygen atoms in total. The van der Waals surface area contributed by atoms with Gasteiger partial charge in [0.15, 0.2) is 5.11 Å². The van der Waals surface area contributed by atoms with Crippen LogP contribution in [0, 0.1) is 12.8 Å². The highest BCUT2D eigenvalue weighted by Crippen LogP contribution is 2.23. The van der Waals surface area contributed by atoms with Crippen LogP contribution in [0.5, 0.6) is 0 Å². The molecule has 1 amide bonds. The summed E-state index contributed by atoms with van der Waals surface area (Å²) in [7, 11) is 0. The third-order valence-electron chi connectivity index (χ3n) is 4.30. The Hall–Kier alpha value is -1.14. The lowest BCUT2D eigenvalue weighted by Gasteiger charge is -2.30. The molecular weight excluding hydrogens is 374 g/mol. The average molecular weight is 398 g/mol. The number of hydrogen-bond acceptors (Lipinski definition) is 2. The molecule has 1 aliphatic rings. The summed E-state index contributed by atoms with van der Waals surface area (Å²) >= 11 is 8.72. The molecule has 2 atom stereocenters. The van der Waals surface area contributed by atoms with E-state index in [1.54, 1.807) is 0 Å². The number of halogens is 1. The van der Waals surface area contributed by atoms with Crippen molar-refractivity contribution in [1.29, 1.82) is 0 Å². The Morgan fingerprint density at radius 3 is 2.78 bits per heavy atom. The van der Waals surface area contributed by atoms with Gasteiger partial charge in [0.1, 0.15) is 0 Å². The summed E-state index contributed by atoms with van der Waals surface area (Å²) in [6, 6.07) is 6.19. The van der Waals surface area contributed by atoms with Crippen molar-refractivity contribution in [2.75, 3.05) is 11.9 Å². The largest absolute Gasteiger partial charge is 0.360 e. The van der Waals surface area contributed by atoms with Crippen LogP contribution < -0.4 is 16.0 Å². The van der Waals surface area contributed by atoms with E-state index in [-0.39, 0.29) is 12.5 Å². The van der Waals surface area contributed by atoms with E-state index in [1.807, 2.05) is 25.1 Å². The summed E-state index contributed by atoms with van der Waals surface area (Å²) in [5.74, 6) is 0.527. The van der Waals surface area contributed by atoms with Gasteiger partial charge in [0.05, 0.1) is 6.54 Å². The van der Waals surface area contributed by atoms with Crippen LogP contribution in [0.1, 0.15) is 38.2 Å². The van der Waals surface area contributed by atoms with Gasteiger partial charge in [-0.15, -0.1) is 0 Å². The van der Waals surface area contributed by atoms with E-state index in [1.165, 1.54) is 19.3 Å². The van der Waals surface area contributed by atoms with Crippen LogP contribution in [-0.2, 0) is 4.79 Å². The maximum absolute atomic E-state index is 12.0. The second-order valence-electron chi connectivity index (χ2n) is 6.20. The highest BCUT2D eigenvalue weighted by Gasteiger charge is 2.21. The molecule has 3 N–H and O–H groups in total. The molecule has 6 heteroatoms. The molecule has 0 unspecified atom stereocenters. The molecule has 0 aliphatic heterocycles. The van der Waals surface area contributed by atoms with Gasteiger partial charge in [-0.25, -0.2) is 0 Å². The molecule has 0 saturated heterocycles. The van der Waals surface area contributed by atoms with Gasteiger partial charge >= 0.3 is 0 Å². The van der Waals surface area contributed by atoms with Gasteiger partial charge < -0.3 is 16.0 Å². The van der Waals surface area contributed by atoms with Crippen LogP contribution in [0.15, 0.2) is 22.7 Å². The summed E-state index contributed by atoms with van der Waals surface area (Å²) < 4.78 is 0.998. The second kappa shape index (κ2) is 8.64. The van der Waals surface area contributed by atoms with Crippen molar-refractivity contribution in [3.63, 3.8) is 0 Å². The Labute approximate surface area is 151 Å². The third-order valence-corrected chi connectivity index (χ3v) is 5.06. The zero-order valence-corrected chi connectivity index (χ0v) is 16.0. The smallest absolute Gasteiger partial charge is 0.243 e. The standard InChI is InChI=1S/C17H24BrN3OS/c1-11-5-3-4-6-14(11)21-17(23)19-10-16(22)20-15-8-7-13(18)9-12(15)2/h7-9,11,14H,3-6,10H2,1-2H3,(H,20,22)(H2,19,21,23)/t11-,14-/m0/s1. The number of carbonyl (C=O) groups is 1. The van der Waals surface area contributed by atoms with Crippen molar-refractivity contribution in [3.8, 4) is 0 Å². The summed E-state index contributed by atoms with van der Waals surface area (Å²) in [5.41, 5.74) is 1.84.